The van der Waals surface area contributed by atoms with Gasteiger partial charge >= 0.3 is 6.03 Å². The molecule has 0 bridgehead atoms. The van der Waals surface area contributed by atoms with E-state index in [0.717, 1.165) is 50.3 Å². The van der Waals surface area contributed by atoms with Gasteiger partial charge < -0.3 is 20.0 Å². The molecule has 0 aliphatic carbocycles. The number of anilines is 5. The maximum atomic E-state index is 14.2. The van der Waals surface area contributed by atoms with Gasteiger partial charge in [-0.25, -0.2) is 9.78 Å². The van der Waals surface area contributed by atoms with Crippen molar-refractivity contribution < 1.29 is 9.59 Å². The molecular weight excluding hydrogens is 564 g/mol. The second kappa shape index (κ2) is 12.4. The number of rotatable bonds is 6. The number of carbonyl (C=O) groups is 2. The molecule has 0 spiro atoms. The van der Waals surface area contributed by atoms with E-state index in [0.29, 0.717) is 48.5 Å². The number of benzene rings is 2. The van der Waals surface area contributed by atoms with E-state index in [1.165, 1.54) is 11.3 Å². The number of aryl methyl sites for hydroxylation is 1. The lowest BCUT2D eigenvalue weighted by Crippen LogP contribution is -2.57. The Kier molecular flexibility index (Phi) is 8.41. The van der Waals surface area contributed by atoms with Crippen LogP contribution in [0.4, 0.5) is 33.6 Å². The van der Waals surface area contributed by atoms with Crippen molar-refractivity contribution in [3.05, 3.63) is 64.8 Å². The number of amides is 3. The molecule has 1 aromatic heterocycles. The van der Waals surface area contributed by atoms with Crippen molar-refractivity contribution in [3.8, 4) is 0 Å². The fourth-order valence-corrected chi connectivity index (χ4v) is 6.54. The molecule has 0 unspecified atom stereocenters. The lowest BCUT2D eigenvalue weighted by Gasteiger charge is -2.43. The Hall–Kier alpha value is -3.89. The van der Waals surface area contributed by atoms with E-state index in [9.17, 15) is 9.59 Å². The lowest BCUT2D eigenvalue weighted by atomic mass is 10.0. The van der Waals surface area contributed by atoms with Crippen LogP contribution < -0.4 is 20.0 Å². The lowest BCUT2D eigenvalue weighted by molar-refractivity contribution is -0.132. The first-order valence-corrected chi connectivity index (χ1v) is 15.5. The zero-order chi connectivity index (χ0) is 30.1. The quantitative estimate of drug-likeness (QED) is 0.411. The number of fused-ring (bicyclic) bond motifs is 1. The number of carbonyl (C=O) groups excluding carboxylic acids is 2. The van der Waals surface area contributed by atoms with E-state index in [1.807, 2.05) is 30.0 Å². The van der Waals surface area contributed by atoms with Crippen LogP contribution in [0.3, 0.4) is 0 Å². The van der Waals surface area contributed by atoms with Crippen molar-refractivity contribution in [2.75, 3.05) is 66.3 Å². The number of halogens is 1. The molecule has 3 aliphatic rings. The van der Waals surface area contributed by atoms with Crippen molar-refractivity contribution in [2.45, 2.75) is 45.7 Å². The van der Waals surface area contributed by atoms with Gasteiger partial charge in [0.15, 0.2) is 0 Å². The Morgan fingerprint density at radius 3 is 2.60 bits per heavy atom. The molecule has 2 fully saturated rings. The Labute approximate surface area is 258 Å². The number of hydrogen-bond acceptors (Lipinski definition) is 7. The Morgan fingerprint density at radius 1 is 1.07 bits per heavy atom. The molecule has 0 radical (unpaired) electrons. The monoisotopic (exact) mass is 602 g/mol. The molecule has 226 valence electrons. The minimum absolute atomic E-state index is 0.0952. The molecule has 6 rings (SSSR count). The first kappa shape index (κ1) is 29.2. The second-order valence-electron chi connectivity index (χ2n) is 11.6. The van der Waals surface area contributed by atoms with Gasteiger partial charge in [0.25, 0.3) is 0 Å². The topological polar surface area (TPSA) is 88.1 Å². The molecule has 2 aromatic carbocycles. The summed E-state index contributed by atoms with van der Waals surface area (Å²) in [4.78, 5) is 46.5. The highest BCUT2D eigenvalue weighted by molar-refractivity contribution is 6.34. The van der Waals surface area contributed by atoms with Crippen molar-refractivity contribution in [1.82, 2.24) is 19.8 Å². The van der Waals surface area contributed by atoms with E-state index >= 15 is 0 Å². The normalized spacial score (nSPS) is 19.4. The average Bonchev–Trinajstić information content (AvgIpc) is 3.01. The van der Waals surface area contributed by atoms with E-state index in [1.54, 1.807) is 22.1 Å². The molecule has 2 saturated heterocycles. The van der Waals surface area contributed by atoms with Crippen molar-refractivity contribution in [1.29, 1.82) is 0 Å². The zero-order valence-corrected chi connectivity index (χ0v) is 25.8. The summed E-state index contributed by atoms with van der Waals surface area (Å²) in [6.07, 6.45) is 3.81. The Bertz CT molecular complexity index is 1510. The van der Waals surface area contributed by atoms with E-state index < -0.39 is 0 Å². The molecule has 4 heterocycles. The van der Waals surface area contributed by atoms with Crippen LogP contribution in [-0.2, 0) is 11.3 Å². The third-order valence-corrected chi connectivity index (χ3v) is 9.01. The average molecular weight is 603 g/mol. The summed E-state index contributed by atoms with van der Waals surface area (Å²) < 4.78 is 0. The first-order chi connectivity index (χ1) is 20.8. The standard InChI is InChI=1S/C32H39ClN8O2/c1-4-29(42)39-13-7-8-25(21-39)41-30-23(20-40(32(41)43)28-10-6-5-9-26(28)33)19-34-31(36-30)35-24-11-12-27(22(2)18-24)38-16-14-37(3)15-17-38/h5-6,9-12,18-19,25H,4,7-8,13-17,20-21H2,1-3H3,(H,34,35,36)/t25-/m0/s1. The molecule has 3 amide bonds. The number of nitrogens with zero attached hydrogens (tertiary/aromatic N) is 7. The van der Waals surface area contributed by atoms with Crippen LogP contribution >= 0.6 is 11.6 Å². The minimum atomic E-state index is -0.214. The van der Waals surface area contributed by atoms with Crippen molar-refractivity contribution in [3.63, 3.8) is 0 Å². The predicted octanol–water partition coefficient (Wildman–Crippen LogP) is 5.28. The van der Waals surface area contributed by atoms with Crippen molar-refractivity contribution >= 4 is 52.4 Å². The van der Waals surface area contributed by atoms with Crippen LogP contribution in [0.15, 0.2) is 48.7 Å². The molecule has 0 saturated carbocycles. The van der Waals surface area contributed by atoms with Crippen LogP contribution in [-0.4, -0.2) is 84.1 Å². The number of likely N-dealkylation sites (tertiary alicyclic amines) is 1. The van der Waals surface area contributed by atoms with Gasteiger partial charge in [-0.15, -0.1) is 0 Å². The molecule has 10 nitrogen and oxygen atoms in total. The van der Waals surface area contributed by atoms with Crippen LogP contribution in [0.2, 0.25) is 5.02 Å². The maximum absolute atomic E-state index is 14.2. The van der Waals surface area contributed by atoms with Crippen molar-refractivity contribution in [2.24, 2.45) is 0 Å². The van der Waals surface area contributed by atoms with Crippen LogP contribution in [0, 0.1) is 6.92 Å². The number of likely N-dealkylation sites (N-methyl/N-ethyl adjacent to an activating group) is 1. The SMILES string of the molecule is CCC(=O)N1CCC[C@H](N2C(=O)N(c3ccccc3Cl)Cc3cnc(Nc4ccc(N5CCN(C)CC5)c(C)c4)nc32)C1. The second-order valence-corrected chi connectivity index (χ2v) is 12.0. The number of urea groups is 1. The number of aromatic nitrogens is 2. The van der Waals surface area contributed by atoms with Gasteiger partial charge in [-0.1, -0.05) is 30.7 Å². The van der Waals surface area contributed by atoms with Gasteiger partial charge in [0, 0.05) is 68.8 Å². The van der Waals surface area contributed by atoms with E-state index in [-0.39, 0.29) is 18.0 Å². The van der Waals surface area contributed by atoms with Gasteiger partial charge in [-0.05, 0) is 62.7 Å². The van der Waals surface area contributed by atoms with Gasteiger partial charge in [0.1, 0.15) is 5.82 Å². The number of para-hydroxylation sites is 1. The molecule has 11 heteroatoms. The van der Waals surface area contributed by atoms with Crippen LogP contribution in [0.5, 0.6) is 0 Å². The van der Waals surface area contributed by atoms with Gasteiger partial charge in [-0.3, -0.25) is 14.6 Å². The molecular formula is C32H39ClN8O2. The number of piperidine rings is 1. The molecule has 3 aliphatic heterocycles. The van der Waals surface area contributed by atoms with Gasteiger partial charge in [-0.2, -0.15) is 4.98 Å². The highest BCUT2D eigenvalue weighted by Crippen LogP contribution is 2.37. The summed E-state index contributed by atoms with van der Waals surface area (Å²) in [7, 11) is 2.16. The largest absolute Gasteiger partial charge is 0.369 e. The molecule has 3 aromatic rings. The van der Waals surface area contributed by atoms with Crippen LogP contribution in [0.1, 0.15) is 37.3 Å². The summed E-state index contributed by atoms with van der Waals surface area (Å²) in [5.74, 6) is 1.09. The van der Waals surface area contributed by atoms with Gasteiger partial charge in [0.2, 0.25) is 11.9 Å². The fourth-order valence-electron chi connectivity index (χ4n) is 6.30. The number of nitrogens with one attached hydrogen (secondary N) is 1. The highest BCUT2D eigenvalue weighted by Gasteiger charge is 2.40. The van der Waals surface area contributed by atoms with Crippen LogP contribution in [0.25, 0.3) is 0 Å². The van der Waals surface area contributed by atoms with E-state index in [4.69, 9.17) is 16.6 Å². The number of hydrogen-bond donors (Lipinski definition) is 1. The summed E-state index contributed by atoms with van der Waals surface area (Å²) >= 11 is 6.55. The van der Waals surface area contributed by atoms with E-state index in [2.05, 4.69) is 52.3 Å². The maximum Gasteiger partial charge on any atom is 0.330 e. The minimum Gasteiger partial charge on any atom is -0.369 e. The predicted molar refractivity (Wildman–Crippen MR) is 172 cm³/mol. The summed E-state index contributed by atoms with van der Waals surface area (Å²) in [5.41, 5.74) is 4.78. The summed E-state index contributed by atoms with van der Waals surface area (Å²) in [5, 5.41) is 3.87. The first-order valence-electron chi connectivity index (χ1n) is 15.1. The summed E-state index contributed by atoms with van der Waals surface area (Å²) in [6, 6.07) is 13.3. The molecule has 43 heavy (non-hydrogen) atoms. The summed E-state index contributed by atoms with van der Waals surface area (Å²) in [6.45, 7) is 9.59. The Balaban J connectivity index is 1.30. The number of piperazine rings is 1. The molecule has 1 N–H and O–H groups in total. The third-order valence-electron chi connectivity index (χ3n) is 8.69. The smallest absolute Gasteiger partial charge is 0.330 e. The molecule has 1 atom stereocenters. The van der Waals surface area contributed by atoms with Gasteiger partial charge in [0.05, 0.1) is 23.3 Å². The highest BCUT2D eigenvalue weighted by atomic mass is 35.5. The zero-order valence-electron chi connectivity index (χ0n) is 25.1. The third kappa shape index (κ3) is 5.99. The Morgan fingerprint density at radius 2 is 1.86 bits per heavy atom. The fraction of sp³-hybridized carbons (Fsp3) is 0.438.